The number of aromatic nitrogens is 4. The van der Waals surface area contributed by atoms with E-state index in [0.29, 0.717) is 11.4 Å². The maximum atomic E-state index is 13.8. The van der Waals surface area contributed by atoms with Crippen LogP contribution in [0.25, 0.3) is 0 Å². The Morgan fingerprint density at radius 3 is 2.70 bits per heavy atom. The molecule has 0 spiro atoms. The molecule has 9 heteroatoms. The first-order chi connectivity index (χ1) is 12.9. The van der Waals surface area contributed by atoms with Gasteiger partial charge in [0.1, 0.15) is 5.82 Å². The lowest BCUT2D eigenvalue weighted by Crippen LogP contribution is -2.15. The van der Waals surface area contributed by atoms with Crippen molar-refractivity contribution in [1.82, 2.24) is 19.6 Å². The molecule has 1 amide bonds. The highest BCUT2D eigenvalue weighted by Gasteiger charge is 2.11. The van der Waals surface area contributed by atoms with Crippen LogP contribution in [0.5, 0.6) is 0 Å². The Kier molecular flexibility index (Phi) is 5.30. The molecule has 2 N–H and O–H groups in total. The Morgan fingerprint density at radius 1 is 1.22 bits per heavy atom. The number of carboxylic acid groups (broad SMARTS) is 1. The minimum absolute atomic E-state index is 0.0714. The standard InChI is InChI=1S/C18H18FN5O3/c1-12-10-16(22-24(12)11-13-4-2-3-5-14(13)19)20-17(25)7-9-23-8-6-15(21-23)18(26)27/h2-6,8,10H,7,9,11H2,1H3,(H,26,27)(H,20,22,25). The molecule has 3 rings (SSSR count). The molecule has 0 atom stereocenters. The number of nitrogens with one attached hydrogen (secondary N) is 1. The lowest BCUT2D eigenvalue weighted by atomic mass is 10.2. The van der Waals surface area contributed by atoms with Crippen molar-refractivity contribution in [3.63, 3.8) is 0 Å². The number of carbonyl (C=O) groups excluding carboxylic acids is 1. The SMILES string of the molecule is Cc1cc(NC(=O)CCn2ccc(C(=O)O)n2)nn1Cc1ccccc1F. The Morgan fingerprint density at radius 2 is 2.00 bits per heavy atom. The van der Waals surface area contributed by atoms with Crippen LogP contribution >= 0.6 is 0 Å². The van der Waals surface area contributed by atoms with Gasteiger partial charge < -0.3 is 10.4 Å². The van der Waals surface area contributed by atoms with E-state index in [1.807, 2.05) is 6.92 Å². The van der Waals surface area contributed by atoms with Crippen LogP contribution in [-0.2, 0) is 17.9 Å². The van der Waals surface area contributed by atoms with Crippen LogP contribution in [0.2, 0.25) is 0 Å². The fourth-order valence-electron chi connectivity index (χ4n) is 2.54. The number of hydrogen-bond acceptors (Lipinski definition) is 4. The summed E-state index contributed by atoms with van der Waals surface area (Å²) in [6.45, 7) is 2.33. The van der Waals surface area contributed by atoms with Gasteiger partial charge in [0, 0.05) is 36.5 Å². The Balaban J connectivity index is 1.58. The van der Waals surface area contributed by atoms with Crippen LogP contribution in [0, 0.1) is 12.7 Å². The second kappa shape index (κ2) is 7.81. The number of carbonyl (C=O) groups is 2. The number of aromatic carboxylic acids is 1. The fourth-order valence-corrected chi connectivity index (χ4v) is 2.54. The van der Waals surface area contributed by atoms with Crippen molar-refractivity contribution in [3.05, 3.63) is 65.4 Å². The van der Waals surface area contributed by atoms with Gasteiger partial charge in [0.2, 0.25) is 5.91 Å². The second-order valence-corrected chi connectivity index (χ2v) is 5.99. The van der Waals surface area contributed by atoms with Crippen LogP contribution in [-0.4, -0.2) is 36.5 Å². The highest BCUT2D eigenvalue weighted by molar-refractivity contribution is 5.89. The van der Waals surface area contributed by atoms with Gasteiger partial charge in [-0.3, -0.25) is 14.2 Å². The molecule has 2 aromatic heterocycles. The molecule has 1 aromatic carbocycles. The van der Waals surface area contributed by atoms with Crippen LogP contribution < -0.4 is 5.32 Å². The van der Waals surface area contributed by atoms with Crippen LogP contribution in [0.15, 0.2) is 42.6 Å². The molecule has 2 heterocycles. The van der Waals surface area contributed by atoms with Gasteiger partial charge in [-0.15, -0.1) is 0 Å². The summed E-state index contributed by atoms with van der Waals surface area (Å²) in [5.74, 6) is -1.33. The number of anilines is 1. The third kappa shape index (κ3) is 4.57. The first-order valence-corrected chi connectivity index (χ1v) is 8.27. The van der Waals surface area contributed by atoms with E-state index in [9.17, 15) is 14.0 Å². The number of halogens is 1. The third-order valence-corrected chi connectivity index (χ3v) is 3.95. The Hall–Kier alpha value is -3.49. The molecule has 0 bridgehead atoms. The number of hydrogen-bond donors (Lipinski definition) is 2. The molecule has 8 nitrogen and oxygen atoms in total. The average molecular weight is 371 g/mol. The van der Waals surface area contributed by atoms with Gasteiger partial charge in [0.05, 0.1) is 6.54 Å². The molecule has 0 aliphatic rings. The van der Waals surface area contributed by atoms with Crippen molar-refractivity contribution in [2.45, 2.75) is 26.4 Å². The van der Waals surface area contributed by atoms with Gasteiger partial charge in [0.15, 0.2) is 11.5 Å². The zero-order valence-corrected chi connectivity index (χ0v) is 14.6. The summed E-state index contributed by atoms with van der Waals surface area (Å²) in [7, 11) is 0. The van der Waals surface area contributed by atoms with Crippen molar-refractivity contribution < 1.29 is 19.1 Å². The molecule has 0 saturated heterocycles. The van der Waals surface area contributed by atoms with Gasteiger partial charge in [0.25, 0.3) is 0 Å². The molecule has 140 valence electrons. The number of aryl methyl sites for hydroxylation is 2. The third-order valence-electron chi connectivity index (χ3n) is 3.95. The summed E-state index contributed by atoms with van der Waals surface area (Å²) in [5.41, 5.74) is 1.22. The van der Waals surface area contributed by atoms with Gasteiger partial charge in [-0.1, -0.05) is 18.2 Å². The first-order valence-electron chi connectivity index (χ1n) is 8.27. The molecule has 0 fully saturated rings. The second-order valence-electron chi connectivity index (χ2n) is 5.99. The molecule has 0 radical (unpaired) electrons. The highest BCUT2D eigenvalue weighted by atomic mass is 19.1. The zero-order valence-electron chi connectivity index (χ0n) is 14.6. The Labute approximate surface area is 154 Å². The molecule has 0 unspecified atom stereocenters. The summed E-state index contributed by atoms with van der Waals surface area (Å²) in [5, 5.41) is 19.6. The summed E-state index contributed by atoms with van der Waals surface area (Å²) in [6, 6.07) is 9.53. The van der Waals surface area contributed by atoms with E-state index < -0.39 is 5.97 Å². The van der Waals surface area contributed by atoms with Crippen molar-refractivity contribution in [3.8, 4) is 0 Å². The van der Waals surface area contributed by atoms with E-state index in [2.05, 4.69) is 15.5 Å². The first kappa shape index (κ1) is 18.3. The molecule has 27 heavy (non-hydrogen) atoms. The van der Waals surface area contributed by atoms with Crippen molar-refractivity contribution in [1.29, 1.82) is 0 Å². The summed E-state index contributed by atoms with van der Waals surface area (Å²) < 4.78 is 16.8. The zero-order chi connectivity index (χ0) is 19.4. The minimum Gasteiger partial charge on any atom is -0.476 e. The minimum atomic E-state index is -1.12. The highest BCUT2D eigenvalue weighted by Crippen LogP contribution is 2.13. The van der Waals surface area contributed by atoms with E-state index in [4.69, 9.17) is 5.11 Å². The number of benzene rings is 1. The lowest BCUT2D eigenvalue weighted by molar-refractivity contribution is -0.116. The maximum Gasteiger partial charge on any atom is 0.356 e. The van der Waals surface area contributed by atoms with Crippen LogP contribution in [0.3, 0.4) is 0 Å². The largest absolute Gasteiger partial charge is 0.476 e. The lowest BCUT2D eigenvalue weighted by Gasteiger charge is -2.05. The van der Waals surface area contributed by atoms with Crippen molar-refractivity contribution >= 4 is 17.7 Å². The number of rotatable bonds is 7. The normalized spacial score (nSPS) is 10.7. The van der Waals surface area contributed by atoms with E-state index in [0.717, 1.165) is 5.69 Å². The Bertz CT molecular complexity index is 979. The van der Waals surface area contributed by atoms with E-state index in [1.54, 1.807) is 28.9 Å². The number of nitrogens with zero attached hydrogens (tertiary/aromatic N) is 4. The molecule has 0 saturated carbocycles. The summed E-state index contributed by atoms with van der Waals surface area (Å²) in [6.07, 6.45) is 1.62. The predicted molar refractivity (Wildman–Crippen MR) is 94.9 cm³/mol. The number of amides is 1. The topological polar surface area (TPSA) is 102 Å². The monoisotopic (exact) mass is 371 g/mol. The van der Waals surface area contributed by atoms with Crippen LogP contribution in [0.1, 0.15) is 28.2 Å². The van der Waals surface area contributed by atoms with Crippen LogP contribution in [0.4, 0.5) is 10.2 Å². The smallest absolute Gasteiger partial charge is 0.356 e. The molecular formula is C18H18FN5O3. The van der Waals surface area contributed by atoms with Crippen molar-refractivity contribution in [2.75, 3.05) is 5.32 Å². The van der Waals surface area contributed by atoms with E-state index in [1.165, 1.54) is 23.0 Å². The summed E-state index contributed by atoms with van der Waals surface area (Å²) in [4.78, 5) is 22.9. The fraction of sp³-hybridized carbons (Fsp3) is 0.222. The molecule has 0 aliphatic heterocycles. The maximum absolute atomic E-state index is 13.8. The average Bonchev–Trinajstić information content (AvgIpc) is 3.22. The molecule has 3 aromatic rings. The molecular weight excluding hydrogens is 353 g/mol. The molecule has 0 aliphatic carbocycles. The quantitative estimate of drug-likeness (QED) is 0.663. The number of carboxylic acids is 1. The van der Waals surface area contributed by atoms with Gasteiger partial charge >= 0.3 is 5.97 Å². The predicted octanol–water partition coefficient (Wildman–Crippen LogP) is 2.30. The van der Waals surface area contributed by atoms with Gasteiger partial charge in [-0.2, -0.15) is 10.2 Å². The van der Waals surface area contributed by atoms with Crippen molar-refractivity contribution in [2.24, 2.45) is 0 Å². The summed E-state index contributed by atoms with van der Waals surface area (Å²) >= 11 is 0. The van der Waals surface area contributed by atoms with Gasteiger partial charge in [-0.05, 0) is 19.1 Å². The van der Waals surface area contributed by atoms with E-state index >= 15 is 0 Å². The van der Waals surface area contributed by atoms with Gasteiger partial charge in [-0.25, -0.2) is 9.18 Å². The van der Waals surface area contributed by atoms with E-state index in [-0.39, 0.29) is 36.9 Å².